The lowest BCUT2D eigenvalue weighted by atomic mass is 9.88. The predicted molar refractivity (Wildman–Crippen MR) is 89.2 cm³/mol. The molecule has 3 rings (SSSR count). The molecule has 0 spiro atoms. The molecular weight excluding hydrogens is 322 g/mol. The summed E-state index contributed by atoms with van der Waals surface area (Å²) in [6.45, 7) is 1.83. The van der Waals surface area contributed by atoms with Crippen molar-refractivity contribution in [3.63, 3.8) is 0 Å². The van der Waals surface area contributed by atoms with Crippen LogP contribution in [-0.2, 0) is 22.7 Å². The molecule has 3 heterocycles. The third kappa shape index (κ3) is 4.63. The number of aromatic nitrogens is 3. The maximum Gasteiger partial charge on any atom is 0.307 e. The first-order valence-corrected chi connectivity index (χ1v) is 8.22. The van der Waals surface area contributed by atoms with Gasteiger partial charge in [-0.1, -0.05) is 6.07 Å². The molecule has 8 nitrogen and oxygen atoms in total. The highest BCUT2D eigenvalue weighted by atomic mass is 16.4. The molecular formula is C17H21N5O3. The van der Waals surface area contributed by atoms with Crippen LogP contribution in [-0.4, -0.2) is 49.9 Å². The topological polar surface area (TPSA) is 111 Å². The van der Waals surface area contributed by atoms with E-state index in [1.165, 1.54) is 0 Å². The van der Waals surface area contributed by atoms with Gasteiger partial charge in [0.15, 0.2) is 0 Å². The van der Waals surface area contributed by atoms with E-state index in [4.69, 9.17) is 0 Å². The third-order valence-electron chi connectivity index (χ3n) is 4.36. The van der Waals surface area contributed by atoms with E-state index < -0.39 is 11.9 Å². The predicted octanol–water partition coefficient (Wildman–Crippen LogP) is 0.644. The van der Waals surface area contributed by atoms with Crippen molar-refractivity contribution in [3.8, 4) is 0 Å². The van der Waals surface area contributed by atoms with Crippen molar-refractivity contribution < 1.29 is 14.7 Å². The molecule has 1 fully saturated rings. The van der Waals surface area contributed by atoms with Crippen molar-refractivity contribution >= 4 is 11.9 Å². The quantitative estimate of drug-likeness (QED) is 0.710. The number of hydrogen-bond donors (Lipinski definition) is 3. The summed E-state index contributed by atoms with van der Waals surface area (Å²) in [5.74, 6) is -1.15. The number of aliphatic carboxylic acids is 1. The molecule has 25 heavy (non-hydrogen) atoms. The fourth-order valence-electron chi connectivity index (χ4n) is 3.12. The van der Waals surface area contributed by atoms with Crippen LogP contribution >= 0.6 is 0 Å². The van der Waals surface area contributed by atoms with Crippen LogP contribution in [0.1, 0.15) is 17.8 Å². The van der Waals surface area contributed by atoms with Crippen LogP contribution in [0.2, 0.25) is 0 Å². The van der Waals surface area contributed by atoms with Crippen molar-refractivity contribution in [2.75, 3.05) is 13.1 Å². The minimum Gasteiger partial charge on any atom is -0.481 e. The van der Waals surface area contributed by atoms with E-state index in [1.807, 2.05) is 17.0 Å². The Morgan fingerprint density at radius 1 is 1.32 bits per heavy atom. The normalized spacial score (nSPS) is 21.0. The van der Waals surface area contributed by atoms with Gasteiger partial charge in [-0.05, 0) is 18.1 Å². The molecule has 0 aromatic carbocycles. The van der Waals surface area contributed by atoms with E-state index >= 15 is 0 Å². The number of imidazole rings is 1. The first kappa shape index (κ1) is 17.1. The first-order chi connectivity index (χ1) is 12.1. The Labute approximate surface area is 145 Å². The number of nitrogens with one attached hydrogen (secondary N) is 2. The Morgan fingerprint density at radius 2 is 2.16 bits per heavy atom. The maximum absolute atomic E-state index is 12.5. The second kappa shape index (κ2) is 7.89. The molecule has 0 aliphatic carbocycles. The van der Waals surface area contributed by atoms with Gasteiger partial charge in [-0.2, -0.15) is 0 Å². The van der Waals surface area contributed by atoms with Gasteiger partial charge in [0.1, 0.15) is 5.82 Å². The number of nitrogens with zero attached hydrogens (tertiary/aromatic N) is 3. The molecule has 132 valence electrons. The van der Waals surface area contributed by atoms with E-state index in [1.54, 1.807) is 24.8 Å². The third-order valence-corrected chi connectivity index (χ3v) is 4.36. The monoisotopic (exact) mass is 343 g/mol. The van der Waals surface area contributed by atoms with Gasteiger partial charge in [0.25, 0.3) is 0 Å². The number of pyridine rings is 1. The number of H-pyrrole nitrogens is 1. The lowest BCUT2D eigenvalue weighted by molar-refractivity contribution is -0.145. The molecule has 0 saturated carbocycles. The molecule has 8 heteroatoms. The number of rotatable bonds is 6. The van der Waals surface area contributed by atoms with Crippen LogP contribution < -0.4 is 5.32 Å². The smallest absolute Gasteiger partial charge is 0.307 e. The van der Waals surface area contributed by atoms with Crippen molar-refractivity contribution in [1.82, 2.24) is 25.2 Å². The lowest BCUT2D eigenvalue weighted by Crippen LogP contribution is -2.47. The molecule has 1 aliphatic heterocycles. The van der Waals surface area contributed by atoms with Crippen molar-refractivity contribution in [3.05, 3.63) is 48.3 Å². The summed E-state index contributed by atoms with van der Waals surface area (Å²) in [7, 11) is 0. The summed E-state index contributed by atoms with van der Waals surface area (Å²) >= 11 is 0. The van der Waals surface area contributed by atoms with Crippen LogP contribution in [0, 0.1) is 11.8 Å². The molecule has 1 amide bonds. The number of likely N-dealkylation sites (tertiary alicyclic amines) is 1. The van der Waals surface area contributed by atoms with Crippen LogP contribution in [0.5, 0.6) is 0 Å². The Kier molecular flexibility index (Phi) is 5.39. The number of amides is 1. The molecule has 0 bridgehead atoms. The number of carboxylic acid groups (broad SMARTS) is 1. The number of carbonyl (C=O) groups excluding carboxylic acids is 1. The average Bonchev–Trinajstić information content (AvgIpc) is 3.13. The zero-order valence-corrected chi connectivity index (χ0v) is 13.8. The van der Waals surface area contributed by atoms with E-state index in [2.05, 4.69) is 20.3 Å². The van der Waals surface area contributed by atoms with Gasteiger partial charge in [0, 0.05) is 44.4 Å². The lowest BCUT2D eigenvalue weighted by Gasteiger charge is -2.35. The average molecular weight is 343 g/mol. The highest BCUT2D eigenvalue weighted by Gasteiger charge is 2.35. The number of hydrogen-bond acceptors (Lipinski definition) is 5. The molecule has 2 aromatic rings. The van der Waals surface area contributed by atoms with Gasteiger partial charge in [-0.3, -0.25) is 19.5 Å². The van der Waals surface area contributed by atoms with Gasteiger partial charge < -0.3 is 15.4 Å². The molecule has 1 saturated heterocycles. The molecule has 3 N–H and O–H groups in total. The Morgan fingerprint density at radius 3 is 2.84 bits per heavy atom. The molecule has 2 atom stereocenters. The summed E-state index contributed by atoms with van der Waals surface area (Å²) < 4.78 is 0. The van der Waals surface area contributed by atoms with Crippen molar-refractivity contribution in [1.29, 1.82) is 0 Å². The minimum atomic E-state index is -0.866. The number of piperidine rings is 1. The highest BCUT2D eigenvalue weighted by molar-refractivity contribution is 5.80. The van der Waals surface area contributed by atoms with Crippen LogP contribution in [0.15, 0.2) is 36.9 Å². The van der Waals surface area contributed by atoms with Crippen molar-refractivity contribution in [2.24, 2.45) is 11.8 Å². The molecule has 0 unspecified atom stereocenters. The van der Waals surface area contributed by atoms with E-state index in [-0.39, 0.29) is 11.8 Å². The van der Waals surface area contributed by atoms with Gasteiger partial charge in [0.05, 0.1) is 18.4 Å². The first-order valence-electron chi connectivity index (χ1n) is 8.22. The molecule has 2 aromatic heterocycles. The maximum atomic E-state index is 12.5. The second-order valence-electron chi connectivity index (χ2n) is 6.28. The summed E-state index contributed by atoms with van der Waals surface area (Å²) in [5, 5.41) is 12.3. The SMILES string of the molecule is O=C(O)[C@H]1C[C@@H](C(=O)NCc2cccnc2)CN(Cc2ncc[nH]2)C1. The summed E-state index contributed by atoms with van der Waals surface area (Å²) in [6.07, 6.45) is 7.11. The summed E-state index contributed by atoms with van der Waals surface area (Å²) in [4.78, 5) is 37.1. The van der Waals surface area contributed by atoms with E-state index in [0.717, 1.165) is 11.4 Å². The largest absolute Gasteiger partial charge is 0.481 e. The fraction of sp³-hybridized carbons (Fsp3) is 0.412. The Balaban J connectivity index is 1.61. The van der Waals surface area contributed by atoms with Crippen LogP contribution in [0.3, 0.4) is 0 Å². The van der Waals surface area contributed by atoms with Crippen LogP contribution in [0.4, 0.5) is 0 Å². The fourth-order valence-corrected chi connectivity index (χ4v) is 3.12. The number of aromatic amines is 1. The van der Waals surface area contributed by atoms with Crippen LogP contribution in [0.25, 0.3) is 0 Å². The molecule has 0 radical (unpaired) electrons. The van der Waals surface area contributed by atoms with Gasteiger partial charge >= 0.3 is 5.97 Å². The number of carbonyl (C=O) groups is 2. The van der Waals surface area contributed by atoms with E-state index in [9.17, 15) is 14.7 Å². The van der Waals surface area contributed by atoms with Crippen molar-refractivity contribution in [2.45, 2.75) is 19.5 Å². The Hall–Kier alpha value is -2.74. The van der Waals surface area contributed by atoms with Gasteiger partial charge in [-0.25, -0.2) is 4.98 Å². The summed E-state index contributed by atoms with van der Waals surface area (Å²) in [5.41, 5.74) is 0.911. The zero-order valence-electron chi connectivity index (χ0n) is 13.8. The van der Waals surface area contributed by atoms with E-state index in [0.29, 0.717) is 32.6 Å². The molecule has 1 aliphatic rings. The number of carboxylic acids is 1. The standard InChI is InChI=1S/C17H21N5O3/c23-16(21-8-12-2-1-3-18-7-12)13-6-14(17(24)25)10-22(9-13)11-15-19-4-5-20-15/h1-5,7,13-14H,6,8-11H2,(H,19,20)(H,21,23)(H,24,25)/t13-,14+/m1/s1. The second-order valence-corrected chi connectivity index (χ2v) is 6.28. The highest BCUT2D eigenvalue weighted by Crippen LogP contribution is 2.23. The van der Waals surface area contributed by atoms with Gasteiger partial charge in [0.2, 0.25) is 5.91 Å². The van der Waals surface area contributed by atoms with Gasteiger partial charge in [-0.15, -0.1) is 0 Å². The Bertz CT molecular complexity index is 704. The zero-order chi connectivity index (χ0) is 17.6. The minimum absolute atomic E-state index is 0.126. The summed E-state index contributed by atoms with van der Waals surface area (Å²) in [6, 6.07) is 3.70.